The zero-order chi connectivity index (χ0) is 20.7. The van der Waals surface area contributed by atoms with Gasteiger partial charge in [0.25, 0.3) is 0 Å². The van der Waals surface area contributed by atoms with Crippen LogP contribution in [0.25, 0.3) is 0 Å². The zero-order valence-corrected chi connectivity index (χ0v) is 18.6. The van der Waals surface area contributed by atoms with Gasteiger partial charge in [-0.3, -0.25) is 0 Å². The Morgan fingerprint density at radius 2 is 1.79 bits per heavy atom. The minimum atomic E-state index is -0.0465. The Kier molecular flexibility index (Phi) is 12.6. The molecule has 2 aliphatic rings. The molecular weight excluding hydrogens is 368 g/mol. The van der Waals surface area contributed by atoms with Gasteiger partial charge in [0.15, 0.2) is 12.6 Å². The lowest BCUT2D eigenvalue weighted by Gasteiger charge is -2.27. The van der Waals surface area contributed by atoms with Crippen molar-refractivity contribution >= 4 is 0 Å². The molecule has 2 aliphatic heterocycles. The van der Waals surface area contributed by atoms with E-state index in [0.29, 0.717) is 6.61 Å². The first-order valence-corrected chi connectivity index (χ1v) is 11.6. The van der Waals surface area contributed by atoms with Crippen LogP contribution in [0.3, 0.4) is 0 Å². The molecule has 0 saturated carbocycles. The minimum Gasteiger partial charge on any atom is -0.496 e. The molecule has 0 aliphatic carbocycles. The highest BCUT2D eigenvalue weighted by atomic mass is 16.7. The number of allylic oxidation sites excluding steroid dienone is 1. The largest absolute Gasteiger partial charge is 0.496 e. The van der Waals surface area contributed by atoms with Crippen LogP contribution in [0.5, 0.6) is 0 Å². The second-order valence-corrected chi connectivity index (χ2v) is 8.26. The van der Waals surface area contributed by atoms with E-state index in [4.69, 9.17) is 23.7 Å². The summed E-state index contributed by atoms with van der Waals surface area (Å²) >= 11 is 0. The van der Waals surface area contributed by atoms with Crippen LogP contribution < -0.4 is 0 Å². The maximum Gasteiger partial charge on any atom is 0.157 e. The molecule has 29 heavy (non-hydrogen) atoms. The third-order valence-corrected chi connectivity index (χ3v) is 5.18. The number of rotatable bonds is 14. The van der Waals surface area contributed by atoms with E-state index in [1.54, 1.807) is 0 Å². The fraction of sp³-hybridized carbons (Fsp3) is 0.833. The van der Waals surface area contributed by atoms with Crippen LogP contribution >= 0.6 is 0 Å². The standard InChI is InChI=1S/C24H42O5/c1-4-11-21(29-24-16-6-8-18-27-24)12-9-13-22(28-20(2)3)14-10-19-26-23-15-5-7-17-25-23/h4,14,20-21,23-24H,1,5-13,15-19H2,2-3H3/b22-14-. The predicted octanol–water partition coefficient (Wildman–Crippen LogP) is 5.89. The normalized spacial score (nSPS) is 24.4. The lowest BCUT2D eigenvalue weighted by Crippen LogP contribution is -2.27. The van der Waals surface area contributed by atoms with Crippen molar-refractivity contribution in [2.75, 3.05) is 19.8 Å². The van der Waals surface area contributed by atoms with Gasteiger partial charge >= 0.3 is 0 Å². The Hall–Kier alpha value is -0.880. The van der Waals surface area contributed by atoms with Crippen molar-refractivity contribution in [2.45, 2.75) is 109 Å². The highest BCUT2D eigenvalue weighted by Gasteiger charge is 2.19. The molecule has 0 aromatic carbocycles. The summed E-state index contributed by atoms with van der Waals surface area (Å²) in [5.74, 6) is 1.06. The summed E-state index contributed by atoms with van der Waals surface area (Å²) in [7, 11) is 0. The lowest BCUT2D eigenvalue weighted by molar-refractivity contribution is -0.188. The first kappa shape index (κ1) is 24.4. The van der Waals surface area contributed by atoms with Crippen molar-refractivity contribution in [3.05, 3.63) is 24.5 Å². The quantitative estimate of drug-likeness (QED) is 0.203. The molecule has 0 N–H and O–H groups in total. The highest BCUT2D eigenvalue weighted by Crippen LogP contribution is 2.21. The van der Waals surface area contributed by atoms with Gasteiger partial charge < -0.3 is 23.7 Å². The Labute approximate surface area is 177 Å². The second-order valence-electron chi connectivity index (χ2n) is 8.26. The Morgan fingerprint density at radius 3 is 2.41 bits per heavy atom. The predicted molar refractivity (Wildman–Crippen MR) is 116 cm³/mol. The maximum absolute atomic E-state index is 6.17. The van der Waals surface area contributed by atoms with E-state index in [2.05, 4.69) is 26.5 Å². The van der Waals surface area contributed by atoms with E-state index < -0.39 is 0 Å². The molecule has 3 unspecified atom stereocenters. The van der Waals surface area contributed by atoms with E-state index in [9.17, 15) is 0 Å². The summed E-state index contributed by atoms with van der Waals surface area (Å²) in [5.41, 5.74) is 0. The van der Waals surface area contributed by atoms with Gasteiger partial charge in [0.1, 0.15) is 0 Å². The van der Waals surface area contributed by atoms with Gasteiger partial charge in [0, 0.05) is 19.6 Å². The molecule has 0 aromatic heterocycles. The number of ether oxygens (including phenoxy) is 5. The molecule has 2 saturated heterocycles. The Morgan fingerprint density at radius 1 is 1.07 bits per heavy atom. The third-order valence-electron chi connectivity index (χ3n) is 5.18. The summed E-state index contributed by atoms with van der Waals surface area (Å²) in [6, 6.07) is 0. The first-order chi connectivity index (χ1) is 14.2. The Balaban J connectivity index is 1.71. The van der Waals surface area contributed by atoms with Gasteiger partial charge in [0.05, 0.1) is 24.6 Å². The topological polar surface area (TPSA) is 46.2 Å². The molecule has 5 nitrogen and oxygen atoms in total. The molecule has 2 rings (SSSR count). The Bertz CT molecular complexity index is 450. The first-order valence-electron chi connectivity index (χ1n) is 11.6. The van der Waals surface area contributed by atoms with Gasteiger partial charge in [0.2, 0.25) is 0 Å². The van der Waals surface area contributed by atoms with E-state index >= 15 is 0 Å². The number of hydrogen-bond acceptors (Lipinski definition) is 5. The lowest BCUT2D eigenvalue weighted by atomic mass is 10.1. The molecule has 2 heterocycles. The van der Waals surface area contributed by atoms with Crippen molar-refractivity contribution in [3.8, 4) is 0 Å². The highest BCUT2D eigenvalue weighted by molar-refractivity contribution is 4.94. The molecule has 2 fully saturated rings. The van der Waals surface area contributed by atoms with Crippen LogP contribution in [-0.4, -0.2) is 44.6 Å². The van der Waals surface area contributed by atoms with E-state index in [-0.39, 0.29) is 24.8 Å². The average Bonchev–Trinajstić information content (AvgIpc) is 2.72. The van der Waals surface area contributed by atoms with Crippen LogP contribution in [0.2, 0.25) is 0 Å². The van der Waals surface area contributed by atoms with E-state index in [0.717, 1.165) is 76.8 Å². The summed E-state index contributed by atoms with van der Waals surface area (Å²) in [6.07, 6.45) is 15.7. The zero-order valence-electron chi connectivity index (χ0n) is 18.6. The summed E-state index contributed by atoms with van der Waals surface area (Å²) < 4.78 is 29.4. The molecule has 168 valence electrons. The molecule has 0 aromatic rings. The van der Waals surface area contributed by atoms with Crippen molar-refractivity contribution in [1.29, 1.82) is 0 Å². The van der Waals surface area contributed by atoms with Crippen molar-refractivity contribution in [3.63, 3.8) is 0 Å². The monoisotopic (exact) mass is 410 g/mol. The van der Waals surface area contributed by atoms with Crippen molar-refractivity contribution in [1.82, 2.24) is 0 Å². The molecule has 0 bridgehead atoms. The van der Waals surface area contributed by atoms with Crippen LogP contribution in [-0.2, 0) is 23.7 Å². The van der Waals surface area contributed by atoms with Crippen molar-refractivity contribution in [2.24, 2.45) is 0 Å². The average molecular weight is 411 g/mol. The second kappa shape index (κ2) is 15.0. The van der Waals surface area contributed by atoms with Crippen LogP contribution in [0, 0.1) is 0 Å². The summed E-state index contributed by atoms with van der Waals surface area (Å²) in [5, 5.41) is 0. The van der Waals surface area contributed by atoms with Gasteiger partial charge in [-0.15, -0.1) is 6.58 Å². The summed E-state index contributed by atoms with van der Waals surface area (Å²) in [4.78, 5) is 0. The van der Waals surface area contributed by atoms with E-state index in [1.165, 1.54) is 12.8 Å². The number of hydrogen-bond donors (Lipinski definition) is 0. The van der Waals surface area contributed by atoms with Gasteiger partial charge in [-0.05, 0) is 84.1 Å². The SMILES string of the molecule is C=CCC(CCC/C(=C/CCOC1CCCCO1)OC(C)C)OC1CCCCO1. The van der Waals surface area contributed by atoms with Crippen LogP contribution in [0.15, 0.2) is 24.5 Å². The summed E-state index contributed by atoms with van der Waals surface area (Å²) in [6.45, 7) is 10.3. The third kappa shape index (κ3) is 11.2. The fourth-order valence-electron chi connectivity index (χ4n) is 3.74. The molecule has 0 radical (unpaired) electrons. The van der Waals surface area contributed by atoms with Gasteiger partial charge in [-0.2, -0.15) is 0 Å². The molecule has 3 atom stereocenters. The van der Waals surface area contributed by atoms with Crippen molar-refractivity contribution < 1.29 is 23.7 Å². The smallest absolute Gasteiger partial charge is 0.157 e. The molecule has 0 spiro atoms. The van der Waals surface area contributed by atoms with Gasteiger partial charge in [-0.25, -0.2) is 0 Å². The van der Waals surface area contributed by atoms with E-state index in [1.807, 2.05) is 6.08 Å². The minimum absolute atomic E-state index is 0.0227. The van der Waals surface area contributed by atoms with Gasteiger partial charge in [-0.1, -0.05) is 6.08 Å². The maximum atomic E-state index is 6.17. The van der Waals surface area contributed by atoms with Crippen LogP contribution in [0.1, 0.15) is 84.5 Å². The fourth-order valence-corrected chi connectivity index (χ4v) is 3.74. The molecular formula is C24H42O5. The molecule has 5 heteroatoms. The molecule has 0 amide bonds. The van der Waals surface area contributed by atoms with Crippen LogP contribution in [0.4, 0.5) is 0 Å².